The van der Waals surface area contributed by atoms with E-state index in [4.69, 9.17) is 23.2 Å². The SMILES string of the molecule is CCC(=O)Nc1cccc(NC(=O)C(C)Sc2cc(Cl)ccc2Cl)c1. The van der Waals surface area contributed by atoms with Gasteiger partial charge in [-0.15, -0.1) is 11.8 Å². The number of amides is 2. The number of benzene rings is 2. The predicted octanol–water partition coefficient (Wildman–Crippen LogP) is 5.46. The van der Waals surface area contributed by atoms with Crippen LogP contribution in [-0.2, 0) is 9.59 Å². The molecule has 7 heteroatoms. The molecule has 0 radical (unpaired) electrons. The molecule has 2 aromatic rings. The van der Waals surface area contributed by atoms with Gasteiger partial charge in [0.05, 0.1) is 10.3 Å². The van der Waals surface area contributed by atoms with Crippen molar-refractivity contribution in [1.29, 1.82) is 0 Å². The summed E-state index contributed by atoms with van der Waals surface area (Å²) in [6, 6.07) is 12.2. The van der Waals surface area contributed by atoms with Crippen molar-refractivity contribution in [3.63, 3.8) is 0 Å². The van der Waals surface area contributed by atoms with Crippen LogP contribution in [0.5, 0.6) is 0 Å². The topological polar surface area (TPSA) is 58.2 Å². The van der Waals surface area contributed by atoms with E-state index in [-0.39, 0.29) is 17.1 Å². The van der Waals surface area contributed by atoms with Crippen molar-refractivity contribution in [2.24, 2.45) is 0 Å². The maximum atomic E-state index is 12.4. The third kappa shape index (κ3) is 5.96. The molecular formula is C18H18Cl2N2O2S. The Balaban J connectivity index is 2.02. The highest BCUT2D eigenvalue weighted by atomic mass is 35.5. The van der Waals surface area contributed by atoms with E-state index in [1.54, 1.807) is 56.3 Å². The Labute approximate surface area is 161 Å². The first-order valence-corrected chi connectivity index (χ1v) is 9.35. The normalized spacial score (nSPS) is 11.7. The highest BCUT2D eigenvalue weighted by molar-refractivity contribution is 8.00. The summed E-state index contributed by atoms with van der Waals surface area (Å²) in [5, 5.41) is 6.35. The number of thioether (sulfide) groups is 1. The van der Waals surface area contributed by atoms with Crippen molar-refractivity contribution < 1.29 is 9.59 Å². The third-order valence-corrected chi connectivity index (χ3v) is 5.14. The summed E-state index contributed by atoms with van der Waals surface area (Å²) in [6.07, 6.45) is 0.394. The van der Waals surface area contributed by atoms with Gasteiger partial charge in [-0.05, 0) is 43.3 Å². The molecule has 0 aliphatic carbocycles. The lowest BCUT2D eigenvalue weighted by molar-refractivity contribution is -0.116. The van der Waals surface area contributed by atoms with E-state index in [9.17, 15) is 9.59 Å². The number of rotatable bonds is 6. The maximum absolute atomic E-state index is 12.4. The number of halogens is 2. The molecule has 2 aromatic carbocycles. The van der Waals surface area contributed by atoms with Crippen molar-refractivity contribution in [3.05, 3.63) is 52.5 Å². The largest absolute Gasteiger partial charge is 0.326 e. The second kappa shape index (κ2) is 9.13. The fraction of sp³-hybridized carbons (Fsp3) is 0.222. The first-order valence-electron chi connectivity index (χ1n) is 7.71. The molecule has 25 heavy (non-hydrogen) atoms. The van der Waals surface area contributed by atoms with Crippen LogP contribution in [0.1, 0.15) is 20.3 Å². The minimum atomic E-state index is -0.371. The van der Waals surface area contributed by atoms with Gasteiger partial charge < -0.3 is 10.6 Å². The van der Waals surface area contributed by atoms with Gasteiger partial charge in [-0.2, -0.15) is 0 Å². The lowest BCUT2D eigenvalue weighted by atomic mass is 10.2. The zero-order valence-electron chi connectivity index (χ0n) is 13.8. The molecule has 0 aromatic heterocycles. The smallest absolute Gasteiger partial charge is 0.237 e. The van der Waals surface area contributed by atoms with Gasteiger partial charge in [0, 0.05) is 27.7 Å². The first-order chi connectivity index (χ1) is 11.9. The number of hydrogen-bond acceptors (Lipinski definition) is 3. The Hall–Kier alpha value is -1.69. The second-order valence-electron chi connectivity index (χ2n) is 5.31. The molecule has 0 fully saturated rings. The molecule has 4 nitrogen and oxygen atoms in total. The summed E-state index contributed by atoms with van der Waals surface area (Å²) in [7, 11) is 0. The van der Waals surface area contributed by atoms with Crippen molar-refractivity contribution in [2.45, 2.75) is 30.4 Å². The van der Waals surface area contributed by atoms with Crippen LogP contribution in [0, 0.1) is 0 Å². The summed E-state index contributed by atoms with van der Waals surface area (Å²) in [6.45, 7) is 3.57. The Bertz CT molecular complexity index is 783. The van der Waals surface area contributed by atoms with Gasteiger partial charge in [-0.25, -0.2) is 0 Å². The lowest BCUT2D eigenvalue weighted by Crippen LogP contribution is -2.22. The molecule has 0 heterocycles. The molecule has 2 amide bonds. The molecule has 1 unspecified atom stereocenters. The van der Waals surface area contributed by atoms with Gasteiger partial charge in [0.1, 0.15) is 0 Å². The van der Waals surface area contributed by atoms with Crippen molar-refractivity contribution >= 4 is 58.2 Å². The Morgan fingerprint density at radius 1 is 1.08 bits per heavy atom. The number of nitrogens with one attached hydrogen (secondary N) is 2. The van der Waals surface area contributed by atoms with Crippen molar-refractivity contribution in [3.8, 4) is 0 Å². The van der Waals surface area contributed by atoms with Crippen LogP contribution in [0.15, 0.2) is 47.4 Å². The Morgan fingerprint density at radius 2 is 1.76 bits per heavy atom. The third-order valence-electron chi connectivity index (χ3n) is 3.30. The Kier molecular flexibility index (Phi) is 7.17. The van der Waals surface area contributed by atoms with Crippen LogP contribution in [-0.4, -0.2) is 17.1 Å². The summed E-state index contributed by atoms with van der Waals surface area (Å²) in [5.74, 6) is -0.247. The van der Waals surface area contributed by atoms with E-state index in [2.05, 4.69) is 10.6 Å². The fourth-order valence-corrected chi connectivity index (χ4v) is 3.39. The maximum Gasteiger partial charge on any atom is 0.237 e. The molecule has 0 spiro atoms. The number of carbonyl (C=O) groups is 2. The van der Waals surface area contributed by atoms with E-state index >= 15 is 0 Å². The molecule has 2 rings (SSSR count). The average Bonchev–Trinajstić information content (AvgIpc) is 2.58. The van der Waals surface area contributed by atoms with Crippen LogP contribution in [0.2, 0.25) is 10.0 Å². The summed E-state index contributed by atoms with van der Waals surface area (Å²) < 4.78 is 0. The van der Waals surface area contributed by atoms with Crippen LogP contribution in [0.3, 0.4) is 0 Å². The van der Waals surface area contributed by atoms with Gasteiger partial charge in [0.15, 0.2) is 0 Å². The standard InChI is InChI=1S/C18H18Cl2N2O2S/c1-3-17(23)21-13-5-4-6-14(10-13)22-18(24)11(2)25-16-9-12(19)7-8-15(16)20/h4-11H,3H2,1-2H3,(H,21,23)(H,22,24). The van der Waals surface area contributed by atoms with Gasteiger partial charge in [-0.1, -0.05) is 36.2 Å². The zero-order chi connectivity index (χ0) is 18.4. The minimum absolute atomic E-state index is 0.0806. The first kappa shape index (κ1) is 19.6. The highest BCUT2D eigenvalue weighted by Crippen LogP contribution is 2.33. The monoisotopic (exact) mass is 396 g/mol. The molecule has 0 aliphatic heterocycles. The van der Waals surface area contributed by atoms with Gasteiger partial charge in [0.25, 0.3) is 0 Å². The predicted molar refractivity (Wildman–Crippen MR) is 106 cm³/mol. The Morgan fingerprint density at radius 3 is 2.44 bits per heavy atom. The number of hydrogen-bond donors (Lipinski definition) is 2. The van der Waals surface area contributed by atoms with Crippen molar-refractivity contribution in [2.75, 3.05) is 10.6 Å². The minimum Gasteiger partial charge on any atom is -0.326 e. The van der Waals surface area contributed by atoms with E-state index in [0.717, 1.165) is 4.90 Å². The van der Waals surface area contributed by atoms with Crippen LogP contribution >= 0.6 is 35.0 Å². The van der Waals surface area contributed by atoms with Crippen LogP contribution in [0.4, 0.5) is 11.4 Å². The van der Waals surface area contributed by atoms with E-state index in [1.807, 2.05) is 0 Å². The molecule has 0 saturated carbocycles. The average molecular weight is 397 g/mol. The van der Waals surface area contributed by atoms with Crippen LogP contribution in [0.25, 0.3) is 0 Å². The zero-order valence-corrected chi connectivity index (χ0v) is 16.1. The van der Waals surface area contributed by atoms with Gasteiger partial charge in [0.2, 0.25) is 11.8 Å². The molecule has 0 bridgehead atoms. The highest BCUT2D eigenvalue weighted by Gasteiger charge is 2.16. The van der Waals surface area contributed by atoms with E-state index in [0.29, 0.717) is 27.8 Å². The van der Waals surface area contributed by atoms with E-state index < -0.39 is 0 Å². The lowest BCUT2D eigenvalue weighted by Gasteiger charge is -2.14. The summed E-state index contributed by atoms with van der Waals surface area (Å²) in [5.41, 5.74) is 1.26. The number of carbonyl (C=O) groups excluding carboxylic acids is 2. The molecule has 132 valence electrons. The van der Waals surface area contributed by atoms with E-state index in [1.165, 1.54) is 11.8 Å². The molecule has 0 aliphatic rings. The van der Waals surface area contributed by atoms with Gasteiger partial charge >= 0.3 is 0 Å². The van der Waals surface area contributed by atoms with Crippen molar-refractivity contribution in [1.82, 2.24) is 0 Å². The summed E-state index contributed by atoms with van der Waals surface area (Å²) >= 11 is 13.4. The van der Waals surface area contributed by atoms with Gasteiger partial charge in [-0.3, -0.25) is 9.59 Å². The molecular weight excluding hydrogens is 379 g/mol. The summed E-state index contributed by atoms with van der Waals surface area (Å²) in [4.78, 5) is 24.6. The quantitative estimate of drug-likeness (QED) is 0.637. The fourth-order valence-electron chi connectivity index (χ4n) is 1.98. The second-order valence-corrected chi connectivity index (χ2v) is 7.53. The molecule has 0 saturated heterocycles. The molecule has 2 N–H and O–H groups in total. The van der Waals surface area contributed by atoms with Crippen LogP contribution < -0.4 is 10.6 Å². The number of anilines is 2. The molecule has 1 atom stereocenters.